The highest BCUT2D eigenvalue weighted by atomic mass is 32.2. The van der Waals surface area contributed by atoms with Gasteiger partial charge in [0.05, 0.1) is 4.90 Å². The zero-order chi connectivity index (χ0) is 24.9. The quantitative estimate of drug-likeness (QED) is 0.440. The van der Waals surface area contributed by atoms with E-state index >= 15 is 0 Å². The van der Waals surface area contributed by atoms with Gasteiger partial charge in [-0.15, -0.1) is 0 Å². The summed E-state index contributed by atoms with van der Waals surface area (Å²) in [4.78, 5) is 13.8. The van der Waals surface area contributed by atoms with Crippen molar-refractivity contribution in [3.05, 3.63) is 94.0 Å². The zero-order valence-corrected chi connectivity index (χ0v) is 21.4. The average molecular weight is 479 g/mol. The molecule has 1 atom stereocenters. The molecule has 0 bridgehead atoms. The lowest BCUT2D eigenvalue weighted by Crippen LogP contribution is -2.45. The molecular weight excluding hydrogens is 444 g/mol. The van der Waals surface area contributed by atoms with Crippen LogP contribution in [0.3, 0.4) is 0 Å². The molecule has 0 aromatic heterocycles. The van der Waals surface area contributed by atoms with E-state index in [4.69, 9.17) is 0 Å². The maximum atomic E-state index is 13.5. The molecule has 0 aliphatic rings. The fourth-order valence-corrected chi connectivity index (χ4v) is 6.14. The Kier molecular flexibility index (Phi) is 8.28. The van der Waals surface area contributed by atoms with Gasteiger partial charge in [-0.3, -0.25) is 4.79 Å². The Balaban J connectivity index is 1.99. The first-order valence-electron chi connectivity index (χ1n) is 11.7. The van der Waals surface area contributed by atoms with E-state index in [1.807, 2.05) is 81.4 Å². The molecule has 1 unspecified atom stereocenters. The van der Waals surface area contributed by atoms with Crippen LogP contribution in [0.1, 0.15) is 47.2 Å². The van der Waals surface area contributed by atoms with Crippen LogP contribution in [0.5, 0.6) is 0 Å². The van der Waals surface area contributed by atoms with Crippen LogP contribution >= 0.6 is 0 Å². The first kappa shape index (κ1) is 25.7. The van der Waals surface area contributed by atoms with Crippen LogP contribution in [0.25, 0.3) is 0 Å². The maximum absolute atomic E-state index is 13.5. The standard InChI is InChI=1S/C28H34N2O3S/c1-6-23-14-11-15-24(7-2)26(23)29-28(31)25(18-22-12-9-8-10-13-22)30-34(32,33)27-20(4)16-19(3)17-21(27)5/h8-17,25,30H,6-7,18H2,1-5H3,(H,29,31). The third-order valence-electron chi connectivity index (χ3n) is 6.02. The summed E-state index contributed by atoms with van der Waals surface area (Å²) in [6.07, 6.45) is 1.77. The molecule has 0 heterocycles. The predicted octanol–water partition coefficient (Wildman–Crippen LogP) is 5.26. The largest absolute Gasteiger partial charge is 0.324 e. The van der Waals surface area contributed by atoms with E-state index in [2.05, 4.69) is 10.0 Å². The number of rotatable bonds is 9. The summed E-state index contributed by atoms with van der Waals surface area (Å²) in [6, 6.07) is 18.1. The number of benzene rings is 3. The lowest BCUT2D eigenvalue weighted by atomic mass is 10.0. The van der Waals surface area contributed by atoms with Crippen molar-refractivity contribution in [2.45, 2.75) is 64.8 Å². The smallest absolute Gasteiger partial charge is 0.242 e. The summed E-state index contributed by atoms with van der Waals surface area (Å²) in [5.74, 6) is -0.370. The van der Waals surface area contributed by atoms with Crippen LogP contribution in [-0.4, -0.2) is 20.4 Å². The van der Waals surface area contributed by atoms with Crippen LogP contribution in [0, 0.1) is 20.8 Å². The maximum Gasteiger partial charge on any atom is 0.242 e. The summed E-state index contributed by atoms with van der Waals surface area (Å²) in [5.41, 5.74) is 6.02. The van der Waals surface area contributed by atoms with E-state index in [9.17, 15) is 13.2 Å². The monoisotopic (exact) mass is 478 g/mol. The minimum Gasteiger partial charge on any atom is -0.324 e. The van der Waals surface area contributed by atoms with Gasteiger partial charge < -0.3 is 5.32 Å². The van der Waals surface area contributed by atoms with Gasteiger partial charge in [0.1, 0.15) is 6.04 Å². The Bertz CT molecular complexity index is 1220. The zero-order valence-electron chi connectivity index (χ0n) is 20.6. The molecular formula is C28H34N2O3S. The first-order valence-corrected chi connectivity index (χ1v) is 13.2. The molecule has 0 spiro atoms. The van der Waals surface area contributed by atoms with Crippen molar-refractivity contribution in [3.8, 4) is 0 Å². The molecule has 5 nitrogen and oxygen atoms in total. The highest BCUT2D eigenvalue weighted by Crippen LogP contribution is 2.25. The van der Waals surface area contributed by atoms with Crippen LogP contribution in [0.15, 0.2) is 65.6 Å². The molecule has 2 N–H and O–H groups in total. The van der Waals surface area contributed by atoms with Crippen LogP contribution in [0.4, 0.5) is 5.69 Å². The molecule has 0 fully saturated rings. The van der Waals surface area contributed by atoms with Crippen molar-refractivity contribution in [2.24, 2.45) is 0 Å². The number of carbonyl (C=O) groups excluding carboxylic acids is 1. The van der Waals surface area contributed by atoms with Gasteiger partial charge in [0, 0.05) is 5.69 Å². The number of carbonyl (C=O) groups is 1. The summed E-state index contributed by atoms with van der Waals surface area (Å²) in [7, 11) is -3.94. The van der Waals surface area contributed by atoms with Gasteiger partial charge in [0.15, 0.2) is 0 Å². The number of hydrogen-bond acceptors (Lipinski definition) is 3. The Morgan fingerprint density at radius 1 is 0.853 bits per heavy atom. The number of aryl methyl sites for hydroxylation is 5. The molecule has 6 heteroatoms. The Hall–Kier alpha value is -2.96. The predicted molar refractivity (Wildman–Crippen MR) is 139 cm³/mol. The van der Waals surface area contributed by atoms with E-state index < -0.39 is 16.1 Å². The molecule has 180 valence electrons. The van der Waals surface area contributed by atoms with E-state index in [1.165, 1.54) is 0 Å². The topological polar surface area (TPSA) is 75.3 Å². The fraction of sp³-hybridized carbons (Fsp3) is 0.321. The second-order valence-corrected chi connectivity index (χ2v) is 10.4. The molecule has 1 amide bonds. The Labute approximate surface area is 203 Å². The van der Waals surface area contributed by atoms with Crippen LogP contribution in [-0.2, 0) is 34.1 Å². The van der Waals surface area contributed by atoms with Gasteiger partial charge in [-0.25, -0.2) is 8.42 Å². The molecule has 0 aliphatic heterocycles. The minimum absolute atomic E-state index is 0.229. The van der Waals surface area contributed by atoms with Crippen molar-refractivity contribution in [3.63, 3.8) is 0 Å². The van der Waals surface area contributed by atoms with Crippen molar-refractivity contribution in [2.75, 3.05) is 5.32 Å². The molecule has 0 radical (unpaired) electrons. The van der Waals surface area contributed by atoms with E-state index in [1.54, 1.807) is 13.8 Å². The lowest BCUT2D eigenvalue weighted by molar-refractivity contribution is -0.117. The second kappa shape index (κ2) is 11.0. The number of nitrogens with one attached hydrogen (secondary N) is 2. The van der Waals surface area contributed by atoms with Gasteiger partial charge in [0.25, 0.3) is 0 Å². The number of anilines is 1. The summed E-state index contributed by atoms with van der Waals surface area (Å²) < 4.78 is 29.7. The van der Waals surface area contributed by atoms with E-state index in [0.29, 0.717) is 11.1 Å². The van der Waals surface area contributed by atoms with Gasteiger partial charge >= 0.3 is 0 Å². The highest BCUT2D eigenvalue weighted by Gasteiger charge is 2.29. The van der Waals surface area contributed by atoms with Crippen molar-refractivity contribution < 1.29 is 13.2 Å². The number of para-hydroxylation sites is 1. The number of hydrogen-bond donors (Lipinski definition) is 2. The van der Waals surface area contributed by atoms with Gasteiger partial charge in [-0.05, 0) is 67.9 Å². The van der Waals surface area contributed by atoms with Crippen molar-refractivity contribution in [1.82, 2.24) is 4.72 Å². The lowest BCUT2D eigenvalue weighted by Gasteiger charge is -2.22. The number of sulfonamides is 1. The summed E-state index contributed by atoms with van der Waals surface area (Å²) >= 11 is 0. The van der Waals surface area contributed by atoms with Crippen LogP contribution in [0.2, 0.25) is 0 Å². The molecule has 34 heavy (non-hydrogen) atoms. The fourth-order valence-electron chi connectivity index (χ4n) is 4.49. The highest BCUT2D eigenvalue weighted by molar-refractivity contribution is 7.89. The second-order valence-electron chi connectivity index (χ2n) is 8.74. The summed E-state index contributed by atoms with van der Waals surface area (Å²) in [6.45, 7) is 9.58. The van der Waals surface area contributed by atoms with E-state index in [0.717, 1.165) is 40.8 Å². The molecule has 0 saturated heterocycles. The molecule has 0 aliphatic carbocycles. The Morgan fingerprint density at radius 3 is 1.94 bits per heavy atom. The average Bonchev–Trinajstić information content (AvgIpc) is 2.78. The molecule has 3 rings (SSSR count). The SMILES string of the molecule is CCc1cccc(CC)c1NC(=O)C(Cc1ccccc1)NS(=O)(=O)c1c(C)cc(C)cc1C. The minimum atomic E-state index is -3.94. The normalized spacial score (nSPS) is 12.4. The molecule has 3 aromatic carbocycles. The van der Waals surface area contributed by atoms with Crippen LogP contribution < -0.4 is 10.0 Å². The first-order chi connectivity index (χ1) is 16.2. The van der Waals surface area contributed by atoms with Gasteiger partial charge in [-0.1, -0.05) is 80.1 Å². The Morgan fingerprint density at radius 2 is 1.41 bits per heavy atom. The third-order valence-corrected chi connectivity index (χ3v) is 7.79. The third kappa shape index (κ3) is 5.93. The van der Waals surface area contributed by atoms with Crippen molar-refractivity contribution >= 4 is 21.6 Å². The van der Waals surface area contributed by atoms with Crippen molar-refractivity contribution in [1.29, 1.82) is 0 Å². The molecule has 0 saturated carbocycles. The van der Waals surface area contributed by atoms with Gasteiger partial charge in [0.2, 0.25) is 15.9 Å². The van der Waals surface area contributed by atoms with E-state index in [-0.39, 0.29) is 17.2 Å². The molecule has 3 aromatic rings. The van der Waals surface area contributed by atoms with Gasteiger partial charge in [-0.2, -0.15) is 4.72 Å². The summed E-state index contributed by atoms with van der Waals surface area (Å²) in [5, 5.41) is 3.05. The number of amides is 1.